The van der Waals surface area contributed by atoms with Crippen molar-refractivity contribution in [3.05, 3.63) is 0 Å². The lowest BCUT2D eigenvalue weighted by Crippen LogP contribution is -2.45. The predicted molar refractivity (Wildman–Crippen MR) is 73.7 cm³/mol. The first-order chi connectivity index (χ1) is 8.17. The zero-order valence-corrected chi connectivity index (χ0v) is 11.5. The van der Waals surface area contributed by atoms with Crippen LogP contribution in [0, 0.1) is 5.92 Å². The molecule has 0 aromatic heterocycles. The van der Waals surface area contributed by atoms with Gasteiger partial charge in [0.25, 0.3) is 0 Å². The number of guanidine groups is 1. The van der Waals surface area contributed by atoms with Crippen molar-refractivity contribution in [2.75, 3.05) is 0 Å². The monoisotopic (exact) mass is 240 g/mol. The van der Waals surface area contributed by atoms with E-state index < -0.39 is 0 Å². The Bertz CT molecular complexity index is 232. The maximum Gasteiger partial charge on any atom is 0.206 e. The molecule has 1 fully saturated rings. The maximum atomic E-state index is 5.51. The maximum absolute atomic E-state index is 5.51. The summed E-state index contributed by atoms with van der Waals surface area (Å²) >= 11 is 0. The summed E-state index contributed by atoms with van der Waals surface area (Å²) in [7, 11) is 0. The number of aliphatic imine (C=N–C) groups is 1. The van der Waals surface area contributed by atoms with Crippen LogP contribution in [0.15, 0.2) is 4.99 Å². The van der Waals surface area contributed by atoms with E-state index in [4.69, 9.17) is 10.8 Å². The number of hydrogen-bond acceptors (Lipinski definition) is 2. The molecule has 4 nitrogen and oxygen atoms in total. The van der Waals surface area contributed by atoms with E-state index in [1.54, 1.807) is 0 Å². The summed E-state index contributed by atoms with van der Waals surface area (Å²) in [5.41, 5.74) is 2.68. The van der Waals surface area contributed by atoms with Crippen molar-refractivity contribution in [1.82, 2.24) is 10.7 Å². The fourth-order valence-corrected chi connectivity index (χ4v) is 2.60. The summed E-state index contributed by atoms with van der Waals surface area (Å²) in [5.74, 6) is 6.99. The molecule has 100 valence electrons. The summed E-state index contributed by atoms with van der Waals surface area (Å²) in [6, 6.07) is 0.765. The number of rotatable bonds is 4. The standard InChI is InChI=1S/C13H28N4/c1-4-12(11-8-6-5-7-9-11)16-13(17-14)15-10(2)3/h10-12H,4-9,14H2,1-3H3,(H2,15,16,17). The van der Waals surface area contributed by atoms with Crippen LogP contribution in [0.1, 0.15) is 59.3 Å². The summed E-state index contributed by atoms with van der Waals surface area (Å²) in [5, 5.41) is 3.25. The van der Waals surface area contributed by atoms with E-state index in [1.165, 1.54) is 32.1 Å². The zero-order chi connectivity index (χ0) is 12.7. The van der Waals surface area contributed by atoms with Crippen LogP contribution in [-0.2, 0) is 0 Å². The van der Waals surface area contributed by atoms with Gasteiger partial charge in [-0.05, 0) is 39.0 Å². The molecule has 0 amide bonds. The molecule has 0 saturated heterocycles. The fourth-order valence-electron chi connectivity index (χ4n) is 2.60. The molecule has 1 rings (SSSR count). The van der Waals surface area contributed by atoms with Crippen LogP contribution in [0.4, 0.5) is 0 Å². The van der Waals surface area contributed by atoms with Gasteiger partial charge in [0.15, 0.2) is 0 Å². The Labute approximate surface area is 105 Å². The lowest BCUT2D eigenvalue weighted by molar-refractivity contribution is 0.300. The molecule has 1 atom stereocenters. The highest BCUT2D eigenvalue weighted by Gasteiger charge is 2.22. The molecule has 0 bridgehead atoms. The van der Waals surface area contributed by atoms with Crippen LogP contribution in [0.25, 0.3) is 0 Å². The normalized spacial score (nSPS) is 20.4. The van der Waals surface area contributed by atoms with Gasteiger partial charge >= 0.3 is 0 Å². The third-order valence-electron chi connectivity index (χ3n) is 3.47. The topological polar surface area (TPSA) is 62.4 Å². The number of nitrogens with two attached hydrogens (primary N) is 1. The van der Waals surface area contributed by atoms with Crippen LogP contribution in [-0.4, -0.2) is 18.0 Å². The van der Waals surface area contributed by atoms with Gasteiger partial charge in [-0.15, -0.1) is 0 Å². The molecule has 0 aromatic rings. The van der Waals surface area contributed by atoms with Crippen LogP contribution in [0.5, 0.6) is 0 Å². The molecular weight excluding hydrogens is 212 g/mol. The highest BCUT2D eigenvalue weighted by molar-refractivity contribution is 5.79. The van der Waals surface area contributed by atoms with Crippen molar-refractivity contribution >= 4 is 5.96 Å². The zero-order valence-electron chi connectivity index (χ0n) is 11.5. The molecule has 0 radical (unpaired) electrons. The van der Waals surface area contributed by atoms with Crippen LogP contribution < -0.4 is 16.6 Å². The highest BCUT2D eigenvalue weighted by atomic mass is 15.3. The second-order valence-corrected chi connectivity index (χ2v) is 5.29. The summed E-state index contributed by atoms with van der Waals surface area (Å²) in [4.78, 5) is 4.75. The summed E-state index contributed by atoms with van der Waals surface area (Å²) in [6.45, 7) is 6.40. The molecule has 0 heterocycles. The van der Waals surface area contributed by atoms with Crippen molar-refractivity contribution in [1.29, 1.82) is 0 Å². The van der Waals surface area contributed by atoms with E-state index in [0.717, 1.165) is 18.3 Å². The lowest BCUT2D eigenvalue weighted by Gasteiger charge is -2.27. The Morgan fingerprint density at radius 1 is 1.29 bits per heavy atom. The van der Waals surface area contributed by atoms with Gasteiger partial charge < -0.3 is 5.32 Å². The molecule has 4 heteroatoms. The number of nitrogens with one attached hydrogen (secondary N) is 2. The van der Waals surface area contributed by atoms with Gasteiger partial charge in [0.05, 0.1) is 6.04 Å². The van der Waals surface area contributed by atoms with Crippen molar-refractivity contribution in [3.8, 4) is 0 Å². The van der Waals surface area contributed by atoms with Gasteiger partial charge in [0, 0.05) is 6.04 Å². The molecule has 17 heavy (non-hydrogen) atoms. The molecule has 1 aliphatic carbocycles. The first-order valence-electron chi connectivity index (χ1n) is 6.98. The second kappa shape index (κ2) is 7.54. The average Bonchev–Trinajstić information content (AvgIpc) is 2.35. The third kappa shape index (κ3) is 4.94. The van der Waals surface area contributed by atoms with Gasteiger partial charge in [-0.25, -0.2) is 10.8 Å². The van der Waals surface area contributed by atoms with Gasteiger partial charge in [0.1, 0.15) is 0 Å². The molecule has 1 unspecified atom stereocenters. The van der Waals surface area contributed by atoms with Crippen molar-refractivity contribution in [3.63, 3.8) is 0 Å². The minimum Gasteiger partial charge on any atom is -0.353 e. The molecular formula is C13H28N4. The Morgan fingerprint density at radius 3 is 2.41 bits per heavy atom. The Hall–Kier alpha value is -0.770. The van der Waals surface area contributed by atoms with Crippen molar-refractivity contribution in [2.24, 2.45) is 16.8 Å². The lowest BCUT2D eigenvalue weighted by atomic mass is 9.83. The van der Waals surface area contributed by atoms with Crippen molar-refractivity contribution < 1.29 is 0 Å². The molecule has 0 aliphatic heterocycles. The Kier molecular flexibility index (Phi) is 6.34. The SMILES string of the molecule is CCC(N=C(NN)NC(C)C)C1CCCCC1. The van der Waals surface area contributed by atoms with Gasteiger partial charge in [-0.3, -0.25) is 5.43 Å². The molecule has 4 N–H and O–H groups in total. The van der Waals surface area contributed by atoms with Gasteiger partial charge in [-0.2, -0.15) is 0 Å². The molecule has 0 spiro atoms. The number of hydrogen-bond donors (Lipinski definition) is 3. The fraction of sp³-hybridized carbons (Fsp3) is 0.923. The van der Waals surface area contributed by atoms with E-state index in [1.807, 2.05) is 0 Å². The number of hydrazine groups is 1. The van der Waals surface area contributed by atoms with E-state index in [9.17, 15) is 0 Å². The quantitative estimate of drug-likeness (QED) is 0.305. The minimum absolute atomic E-state index is 0.355. The molecule has 0 aromatic carbocycles. The van der Waals surface area contributed by atoms with Gasteiger partial charge in [-0.1, -0.05) is 26.2 Å². The van der Waals surface area contributed by atoms with Crippen LogP contribution >= 0.6 is 0 Å². The first-order valence-corrected chi connectivity index (χ1v) is 6.98. The first kappa shape index (κ1) is 14.3. The average molecular weight is 240 g/mol. The second-order valence-electron chi connectivity index (χ2n) is 5.29. The smallest absolute Gasteiger partial charge is 0.206 e. The van der Waals surface area contributed by atoms with E-state index in [2.05, 4.69) is 31.5 Å². The van der Waals surface area contributed by atoms with Crippen LogP contribution in [0.2, 0.25) is 0 Å². The summed E-state index contributed by atoms with van der Waals surface area (Å²) < 4.78 is 0. The highest BCUT2D eigenvalue weighted by Crippen LogP contribution is 2.29. The Morgan fingerprint density at radius 2 is 1.94 bits per heavy atom. The summed E-state index contributed by atoms with van der Waals surface area (Å²) in [6.07, 6.45) is 7.85. The number of nitrogens with zero attached hydrogens (tertiary/aromatic N) is 1. The third-order valence-corrected chi connectivity index (χ3v) is 3.47. The van der Waals surface area contributed by atoms with E-state index in [-0.39, 0.29) is 0 Å². The van der Waals surface area contributed by atoms with Gasteiger partial charge in [0.2, 0.25) is 5.96 Å². The van der Waals surface area contributed by atoms with Crippen LogP contribution in [0.3, 0.4) is 0 Å². The van der Waals surface area contributed by atoms with E-state index in [0.29, 0.717) is 12.1 Å². The van der Waals surface area contributed by atoms with Crippen molar-refractivity contribution in [2.45, 2.75) is 71.4 Å². The Balaban J connectivity index is 2.60. The predicted octanol–water partition coefficient (Wildman–Crippen LogP) is 2.16. The van der Waals surface area contributed by atoms with E-state index >= 15 is 0 Å². The largest absolute Gasteiger partial charge is 0.353 e. The molecule has 1 aliphatic rings. The molecule has 1 saturated carbocycles. The minimum atomic E-state index is 0.355.